The Morgan fingerprint density at radius 3 is 2.63 bits per heavy atom. The zero-order chi connectivity index (χ0) is 19.6. The Balaban J connectivity index is 1.95. The van der Waals surface area contributed by atoms with E-state index in [1.807, 2.05) is 30.3 Å². The molecule has 0 saturated carbocycles. The lowest BCUT2D eigenvalue weighted by Gasteiger charge is -2.22. The summed E-state index contributed by atoms with van der Waals surface area (Å²) in [6.45, 7) is 1.47. The van der Waals surface area contributed by atoms with Crippen LogP contribution < -0.4 is 9.46 Å². The smallest absolute Gasteiger partial charge is 0.240 e. The quantitative estimate of drug-likeness (QED) is 0.854. The monoisotopic (exact) mass is 387 g/mol. The van der Waals surface area contributed by atoms with Crippen LogP contribution >= 0.6 is 0 Å². The summed E-state index contributed by atoms with van der Waals surface area (Å²) in [6.07, 6.45) is 1.60. The van der Waals surface area contributed by atoms with Gasteiger partial charge in [-0.15, -0.1) is 0 Å². The van der Waals surface area contributed by atoms with Crippen LogP contribution in [0.4, 0.5) is 5.69 Å². The molecule has 0 bridgehead atoms. The van der Waals surface area contributed by atoms with Crippen molar-refractivity contribution in [2.75, 3.05) is 18.1 Å². The van der Waals surface area contributed by atoms with Crippen molar-refractivity contribution in [2.45, 2.75) is 19.4 Å². The number of anilines is 1. The van der Waals surface area contributed by atoms with E-state index in [-0.39, 0.29) is 11.9 Å². The molecule has 2 aromatic carbocycles. The van der Waals surface area contributed by atoms with Crippen LogP contribution in [0, 0.1) is 0 Å². The largest absolute Gasteiger partial charge is 0.496 e. The molecular weight excluding hydrogens is 366 g/mol. The Morgan fingerprint density at radius 1 is 1.22 bits per heavy atom. The molecule has 1 amide bonds. The van der Waals surface area contributed by atoms with Gasteiger partial charge in [-0.2, -0.15) is 5.10 Å². The van der Waals surface area contributed by atoms with E-state index in [1.165, 1.54) is 11.9 Å². The van der Waals surface area contributed by atoms with E-state index < -0.39 is 10.0 Å². The van der Waals surface area contributed by atoms with Crippen LogP contribution in [-0.4, -0.2) is 38.4 Å². The number of hydrazone groups is 1. The van der Waals surface area contributed by atoms with Gasteiger partial charge < -0.3 is 4.74 Å². The van der Waals surface area contributed by atoms with Crippen molar-refractivity contribution in [3.63, 3.8) is 0 Å². The van der Waals surface area contributed by atoms with Gasteiger partial charge in [0.25, 0.3) is 0 Å². The van der Waals surface area contributed by atoms with E-state index in [1.54, 1.807) is 25.3 Å². The van der Waals surface area contributed by atoms with Crippen LogP contribution in [0.3, 0.4) is 0 Å². The number of rotatable bonds is 5. The van der Waals surface area contributed by atoms with Gasteiger partial charge in [0, 0.05) is 24.6 Å². The molecule has 1 heterocycles. The Morgan fingerprint density at radius 2 is 1.96 bits per heavy atom. The van der Waals surface area contributed by atoms with Crippen LogP contribution in [0.15, 0.2) is 53.6 Å². The number of sulfonamides is 1. The maximum absolute atomic E-state index is 12.1. The van der Waals surface area contributed by atoms with Crippen LogP contribution in [0.1, 0.15) is 30.5 Å². The molecule has 1 atom stereocenters. The van der Waals surface area contributed by atoms with Crippen molar-refractivity contribution < 1.29 is 17.9 Å². The molecular formula is C19H21N3O4S. The van der Waals surface area contributed by atoms with Gasteiger partial charge in [0.1, 0.15) is 5.75 Å². The molecule has 8 heteroatoms. The van der Waals surface area contributed by atoms with Gasteiger partial charge in [-0.25, -0.2) is 13.4 Å². The van der Waals surface area contributed by atoms with Crippen molar-refractivity contribution in [2.24, 2.45) is 5.10 Å². The zero-order valence-corrected chi connectivity index (χ0v) is 16.2. The summed E-state index contributed by atoms with van der Waals surface area (Å²) in [5.74, 6) is 0.518. The number of hydrogen-bond acceptors (Lipinski definition) is 5. The summed E-state index contributed by atoms with van der Waals surface area (Å²) >= 11 is 0. The molecule has 142 valence electrons. The number of hydrogen-bond donors (Lipinski definition) is 1. The number of methoxy groups -OCH3 is 1. The van der Waals surface area contributed by atoms with Gasteiger partial charge >= 0.3 is 0 Å². The molecule has 0 aliphatic carbocycles. The Labute approximate surface area is 158 Å². The first kappa shape index (κ1) is 18.9. The predicted molar refractivity (Wildman–Crippen MR) is 104 cm³/mol. The third-order valence-electron chi connectivity index (χ3n) is 4.23. The second kappa shape index (κ2) is 7.40. The third kappa shape index (κ3) is 4.28. The average molecular weight is 387 g/mol. The topological polar surface area (TPSA) is 88.1 Å². The molecule has 0 radical (unpaired) electrons. The van der Waals surface area contributed by atoms with Crippen molar-refractivity contribution in [3.05, 3.63) is 59.7 Å². The van der Waals surface area contributed by atoms with E-state index in [2.05, 4.69) is 9.82 Å². The van der Waals surface area contributed by atoms with Crippen LogP contribution in [0.5, 0.6) is 5.75 Å². The second-order valence-corrected chi connectivity index (χ2v) is 8.08. The lowest BCUT2D eigenvalue weighted by molar-refractivity contribution is -0.130. The maximum atomic E-state index is 12.1. The molecule has 0 spiro atoms. The van der Waals surface area contributed by atoms with Gasteiger partial charge in [-0.3, -0.25) is 9.52 Å². The number of para-hydroxylation sites is 1. The minimum atomic E-state index is -3.38. The van der Waals surface area contributed by atoms with E-state index >= 15 is 0 Å². The molecule has 2 aromatic rings. The standard InChI is InChI=1S/C19H21N3O4S/c1-13(23)22-18(16-9-4-5-10-19(16)26-2)12-17(20-22)14-7-6-8-15(11-14)21-27(3,24)25/h4-11,18,21H,12H2,1-3H3/t18-/m1/s1. The highest BCUT2D eigenvalue weighted by atomic mass is 32.2. The predicted octanol–water partition coefficient (Wildman–Crippen LogP) is 2.76. The van der Waals surface area contributed by atoms with Gasteiger partial charge in [-0.1, -0.05) is 30.3 Å². The second-order valence-electron chi connectivity index (χ2n) is 6.33. The van der Waals surface area contributed by atoms with E-state index in [0.29, 0.717) is 23.6 Å². The lowest BCUT2D eigenvalue weighted by Crippen LogP contribution is -2.24. The maximum Gasteiger partial charge on any atom is 0.240 e. The molecule has 0 unspecified atom stereocenters. The molecule has 27 heavy (non-hydrogen) atoms. The number of carbonyl (C=O) groups excluding carboxylic acids is 1. The van der Waals surface area contributed by atoms with E-state index in [4.69, 9.17) is 4.74 Å². The van der Waals surface area contributed by atoms with Crippen LogP contribution in [-0.2, 0) is 14.8 Å². The number of nitrogens with one attached hydrogen (secondary N) is 1. The highest BCUT2D eigenvalue weighted by Crippen LogP contribution is 2.37. The molecule has 1 aliphatic rings. The summed E-state index contributed by atoms with van der Waals surface area (Å²) in [6, 6.07) is 14.2. The molecule has 0 saturated heterocycles. The summed E-state index contributed by atoms with van der Waals surface area (Å²) in [4.78, 5) is 12.1. The summed E-state index contributed by atoms with van der Waals surface area (Å²) in [5, 5.41) is 5.94. The van der Waals surface area contributed by atoms with Crippen molar-refractivity contribution in [1.29, 1.82) is 0 Å². The van der Waals surface area contributed by atoms with Gasteiger partial charge in [0.15, 0.2) is 0 Å². The highest BCUT2D eigenvalue weighted by Gasteiger charge is 2.33. The van der Waals surface area contributed by atoms with Crippen molar-refractivity contribution >= 4 is 27.3 Å². The van der Waals surface area contributed by atoms with Crippen molar-refractivity contribution in [1.82, 2.24) is 5.01 Å². The molecule has 3 rings (SSSR count). The minimum absolute atomic E-state index is 0.175. The average Bonchev–Trinajstić information content (AvgIpc) is 3.06. The van der Waals surface area contributed by atoms with E-state index in [0.717, 1.165) is 17.4 Å². The summed E-state index contributed by atoms with van der Waals surface area (Å²) in [5.41, 5.74) is 2.79. The lowest BCUT2D eigenvalue weighted by atomic mass is 9.97. The first-order valence-electron chi connectivity index (χ1n) is 8.37. The number of carbonyl (C=O) groups is 1. The molecule has 0 aromatic heterocycles. The molecule has 1 aliphatic heterocycles. The summed E-state index contributed by atoms with van der Waals surface area (Å²) in [7, 11) is -1.78. The first-order chi connectivity index (χ1) is 12.8. The zero-order valence-electron chi connectivity index (χ0n) is 15.3. The minimum Gasteiger partial charge on any atom is -0.496 e. The Bertz CT molecular complexity index is 1000. The van der Waals surface area contributed by atoms with Crippen molar-refractivity contribution in [3.8, 4) is 5.75 Å². The number of benzene rings is 2. The molecule has 7 nitrogen and oxygen atoms in total. The third-order valence-corrected chi connectivity index (χ3v) is 4.84. The fourth-order valence-electron chi connectivity index (χ4n) is 3.14. The summed E-state index contributed by atoms with van der Waals surface area (Å²) < 4.78 is 30.8. The number of nitrogens with zero attached hydrogens (tertiary/aromatic N) is 2. The normalized spacial score (nSPS) is 16.8. The van der Waals surface area contributed by atoms with Crippen LogP contribution in [0.25, 0.3) is 0 Å². The fraction of sp³-hybridized carbons (Fsp3) is 0.263. The number of amides is 1. The molecule has 0 fully saturated rings. The molecule has 1 N–H and O–H groups in total. The number of ether oxygens (including phenoxy) is 1. The van der Waals surface area contributed by atoms with E-state index in [9.17, 15) is 13.2 Å². The highest BCUT2D eigenvalue weighted by molar-refractivity contribution is 7.92. The van der Waals surface area contributed by atoms with Gasteiger partial charge in [0.05, 0.1) is 25.1 Å². The van der Waals surface area contributed by atoms with Gasteiger partial charge in [-0.05, 0) is 23.8 Å². The fourth-order valence-corrected chi connectivity index (χ4v) is 3.69. The Hall–Kier alpha value is -2.87. The van der Waals surface area contributed by atoms with Gasteiger partial charge in [0.2, 0.25) is 15.9 Å². The SMILES string of the molecule is COc1ccccc1[C@H]1CC(c2cccc(NS(C)(=O)=O)c2)=NN1C(C)=O. The van der Waals surface area contributed by atoms with Crippen LogP contribution in [0.2, 0.25) is 0 Å². The first-order valence-corrected chi connectivity index (χ1v) is 10.3. The Kier molecular flexibility index (Phi) is 5.18.